The van der Waals surface area contributed by atoms with Gasteiger partial charge in [-0.1, -0.05) is 12.1 Å². The number of nitrogens with two attached hydrogens (primary N) is 1. The van der Waals surface area contributed by atoms with Crippen LogP contribution in [0.25, 0.3) is 0 Å². The van der Waals surface area contributed by atoms with Gasteiger partial charge in [0.2, 0.25) is 11.8 Å². The lowest BCUT2D eigenvalue weighted by Gasteiger charge is -2.16. The van der Waals surface area contributed by atoms with Gasteiger partial charge in [0.25, 0.3) is 0 Å². The lowest BCUT2D eigenvalue weighted by atomic mass is 9.99. The Morgan fingerprint density at radius 3 is 2.84 bits per heavy atom. The minimum atomic E-state index is -0.388. The molecule has 1 aromatic rings. The normalized spacial score (nSPS) is 20.4. The number of anilines is 1. The summed E-state index contributed by atoms with van der Waals surface area (Å²) in [6.45, 7) is 2.50. The number of hydrogen-bond donors (Lipinski definition) is 2. The molecule has 5 heteroatoms. The van der Waals surface area contributed by atoms with Crippen LogP contribution in [0.4, 0.5) is 5.69 Å². The van der Waals surface area contributed by atoms with E-state index in [0.717, 1.165) is 5.56 Å². The Kier molecular flexibility index (Phi) is 3.74. The quantitative estimate of drug-likeness (QED) is 0.787. The van der Waals surface area contributed by atoms with E-state index in [1.807, 2.05) is 19.1 Å². The molecule has 2 amide bonds. The molecule has 0 radical (unpaired) electrons. The van der Waals surface area contributed by atoms with Gasteiger partial charge in [0.1, 0.15) is 6.04 Å². The minimum Gasteiger partial charge on any atom is -0.399 e. The van der Waals surface area contributed by atoms with Crippen LogP contribution in [0.1, 0.15) is 24.8 Å². The van der Waals surface area contributed by atoms with Crippen molar-refractivity contribution in [2.24, 2.45) is 0 Å². The summed E-state index contributed by atoms with van der Waals surface area (Å²) in [4.78, 5) is 25.5. The Balaban J connectivity index is 2.02. The third kappa shape index (κ3) is 2.86. The van der Waals surface area contributed by atoms with Gasteiger partial charge in [-0.2, -0.15) is 0 Å². The molecule has 0 saturated carbocycles. The van der Waals surface area contributed by atoms with Gasteiger partial charge in [-0.15, -0.1) is 0 Å². The van der Waals surface area contributed by atoms with Gasteiger partial charge in [0, 0.05) is 19.3 Å². The average Bonchev–Trinajstić information content (AvgIpc) is 2.70. The largest absolute Gasteiger partial charge is 0.399 e. The Morgan fingerprint density at radius 2 is 2.26 bits per heavy atom. The molecular weight excluding hydrogens is 242 g/mol. The summed E-state index contributed by atoms with van der Waals surface area (Å²) in [7, 11) is 1.75. The standard InChI is InChI=1S/C14H19N3O2/c1-9(10-4-3-5-11(15)8-10)13(18)16-12-6-7-17(2)14(12)19/h3-5,8-9,12H,6-7,15H2,1-2H3,(H,16,18). The van der Waals surface area contributed by atoms with Crippen molar-refractivity contribution in [2.45, 2.75) is 25.3 Å². The fraction of sp³-hybridized carbons (Fsp3) is 0.429. The van der Waals surface area contributed by atoms with E-state index in [-0.39, 0.29) is 23.8 Å². The maximum Gasteiger partial charge on any atom is 0.244 e. The fourth-order valence-corrected chi connectivity index (χ4v) is 2.23. The fourth-order valence-electron chi connectivity index (χ4n) is 2.23. The molecule has 102 valence electrons. The number of nitrogen functional groups attached to an aromatic ring is 1. The molecule has 19 heavy (non-hydrogen) atoms. The average molecular weight is 261 g/mol. The summed E-state index contributed by atoms with van der Waals surface area (Å²) in [5.41, 5.74) is 7.20. The third-order valence-electron chi connectivity index (χ3n) is 3.55. The number of rotatable bonds is 3. The van der Waals surface area contributed by atoms with Gasteiger partial charge in [0.05, 0.1) is 5.92 Å². The summed E-state index contributed by atoms with van der Waals surface area (Å²) < 4.78 is 0. The van der Waals surface area contributed by atoms with E-state index in [2.05, 4.69) is 5.32 Å². The van der Waals surface area contributed by atoms with Crippen molar-refractivity contribution in [3.8, 4) is 0 Å². The number of nitrogens with zero attached hydrogens (tertiary/aromatic N) is 1. The number of hydrogen-bond acceptors (Lipinski definition) is 3. The topological polar surface area (TPSA) is 75.4 Å². The first-order valence-corrected chi connectivity index (χ1v) is 6.40. The van der Waals surface area contributed by atoms with Crippen molar-refractivity contribution in [3.63, 3.8) is 0 Å². The molecule has 1 fully saturated rings. The second-order valence-corrected chi connectivity index (χ2v) is 5.00. The Morgan fingerprint density at radius 1 is 1.53 bits per heavy atom. The summed E-state index contributed by atoms with van der Waals surface area (Å²) in [6.07, 6.45) is 0.671. The zero-order chi connectivity index (χ0) is 14.0. The van der Waals surface area contributed by atoms with E-state index in [4.69, 9.17) is 5.73 Å². The molecule has 1 heterocycles. The number of carbonyl (C=O) groups excluding carboxylic acids is 2. The maximum absolute atomic E-state index is 12.1. The van der Waals surface area contributed by atoms with Crippen LogP contribution in [-0.4, -0.2) is 36.3 Å². The van der Waals surface area contributed by atoms with Gasteiger partial charge in [-0.25, -0.2) is 0 Å². The second-order valence-electron chi connectivity index (χ2n) is 5.00. The number of nitrogens with one attached hydrogen (secondary N) is 1. The van der Waals surface area contributed by atoms with Crippen LogP contribution in [0.2, 0.25) is 0 Å². The van der Waals surface area contributed by atoms with E-state index >= 15 is 0 Å². The molecule has 3 N–H and O–H groups in total. The predicted octanol–water partition coefficient (Wildman–Crippen LogP) is 0.719. The summed E-state index contributed by atoms with van der Waals surface area (Å²) in [5.74, 6) is -0.477. The highest BCUT2D eigenvalue weighted by molar-refractivity contribution is 5.91. The molecule has 1 saturated heterocycles. The predicted molar refractivity (Wildman–Crippen MR) is 73.5 cm³/mol. The molecule has 1 aliphatic rings. The van der Waals surface area contributed by atoms with Gasteiger partial charge < -0.3 is 16.0 Å². The first-order valence-electron chi connectivity index (χ1n) is 6.40. The van der Waals surface area contributed by atoms with E-state index < -0.39 is 0 Å². The molecule has 2 unspecified atom stereocenters. The van der Waals surface area contributed by atoms with E-state index in [1.54, 1.807) is 24.1 Å². The lowest BCUT2D eigenvalue weighted by Crippen LogP contribution is -2.42. The minimum absolute atomic E-state index is 0.0203. The van der Waals surface area contributed by atoms with Crippen molar-refractivity contribution in [3.05, 3.63) is 29.8 Å². The first kappa shape index (κ1) is 13.4. The summed E-state index contributed by atoms with van der Waals surface area (Å²) in [6, 6.07) is 6.86. The second kappa shape index (κ2) is 5.30. The van der Waals surface area contributed by atoms with Gasteiger partial charge in [-0.05, 0) is 31.0 Å². The highest BCUT2D eigenvalue weighted by Crippen LogP contribution is 2.19. The molecule has 1 aliphatic heterocycles. The highest BCUT2D eigenvalue weighted by atomic mass is 16.2. The number of amides is 2. The van der Waals surface area contributed by atoms with Gasteiger partial charge in [-0.3, -0.25) is 9.59 Å². The SMILES string of the molecule is CC(C(=O)NC1CCN(C)C1=O)c1cccc(N)c1. The highest BCUT2D eigenvalue weighted by Gasteiger charge is 2.31. The van der Waals surface area contributed by atoms with Crippen molar-refractivity contribution in [2.75, 3.05) is 19.3 Å². The molecule has 0 spiro atoms. The molecule has 2 atom stereocenters. The van der Waals surface area contributed by atoms with Crippen molar-refractivity contribution in [1.82, 2.24) is 10.2 Å². The first-order chi connectivity index (χ1) is 8.99. The number of benzene rings is 1. The molecule has 5 nitrogen and oxygen atoms in total. The zero-order valence-electron chi connectivity index (χ0n) is 11.2. The summed E-state index contributed by atoms with van der Waals surface area (Å²) in [5, 5.41) is 2.81. The van der Waals surface area contributed by atoms with Crippen LogP contribution in [0.3, 0.4) is 0 Å². The maximum atomic E-state index is 12.1. The molecule has 0 aliphatic carbocycles. The van der Waals surface area contributed by atoms with E-state index in [1.165, 1.54) is 0 Å². The molecule has 0 aromatic heterocycles. The van der Waals surface area contributed by atoms with Crippen molar-refractivity contribution < 1.29 is 9.59 Å². The van der Waals surface area contributed by atoms with Crippen LogP contribution in [0.5, 0.6) is 0 Å². The van der Waals surface area contributed by atoms with E-state index in [0.29, 0.717) is 18.7 Å². The smallest absolute Gasteiger partial charge is 0.244 e. The Bertz CT molecular complexity index is 501. The van der Waals surface area contributed by atoms with E-state index in [9.17, 15) is 9.59 Å². The van der Waals surface area contributed by atoms with Crippen LogP contribution < -0.4 is 11.1 Å². The monoisotopic (exact) mass is 261 g/mol. The number of likely N-dealkylation sites (tertiary alicyclic amines) is 1. The van der Waals surface area contributed by atoms with Crippen LogP contribution in [0.15, 0.2) is 24.3 Å². The molecular formula is C14H19N3O2. The van der Waals surface area contributed by atoms with Crippen LogP contribution in [-0.2, 0) is 9.59 Å². The molecule has 2 rings (SSSR count). The lowest BCUT2D eigenvalue weighted by molar-refractivity contribution is -0.132. The van der Waals surface area contributed by atoms with Gasteiger partial charge >= 0.3 is 0 Å². The molecule has 0 bridgehead atoms. The van der Waals surface area contributed by atoms with Crippen molar-refractivity contribution >= 4 is 17.5 Å². The van der Waals surface area contributed by atoms with Crippen LogP contribution in [0, 0.1) is 0 Å². The van der Waals surface area contributed by atoms with Gasteiger partial charge in [0.15, 0.2) is 0 Å². The third-order valence-corrected chi connectivity index (χ3v) is 3.55. The number of likely N-dealkylation sites (N-methyl/N-ethyl adjacent to an activating group) is 1. The number of carbonyl (C=O) groups is 2. The van der Waals surface area contributed by atoms with Crippen LogP contribution >= 0.6 is 0 Å². The molecule has 1 aromatic carbocycles. The summed E-state index contributed by atoms with van der Waals surface area (Å²) >= 11 is 0. The zero-order valence-corrected chi connectivity index (χ0v) is 11.2. The Labute approximate surface area is 112 Å². The Hall–Kier alpha value is -2.04. The van der Waals surface area contributed by atoms with Crippen molar-refractivity contribution in [1.29, 1.82) is 0 Å².